The molecule has 13 heavy (non-hydrogen) atoms. The van der Waals surface area contributed by atoms with E-state index in [9.17, 15) is 9.59 Å². The molecule has 0 saturated carbocycles. The molecule has 0 bridgehead atoms. The van der Waals surface area contributed by atoms with Crippen LogP contribution in [0.5, 0.6) is 0 Å². The molecule has 0 radical (unpaired) electrons. The van der Waals surface area contributed by atoms with Gasteiger partial charge in [0.25, 0.3) is 0 Å². The van der Waals surface area contributed by atoms with E-state index < -0.39 is 6.09 Å². The van der Waals surface area contributed by atoms with Crippen molar-refractivity contribution in [1.29, 1.82) is 0 Å². The van der Waals surface area contributed by atoms with E-state index in [2.05, 4.69) is 10.1 Å². The lowest BCUT2D eigenvalue weighted by atomic mass is 10.1. The van der Waals surface area contributed by atoms with Crippen molar-refractivity contribution >= 4 is 11.9 Å². The highest BCUT2D eigenvalue weighted by atomic mass is 16.5. The fourth-order valence-electron chi connectivity index (χ4n) is 0.814. The standard InChI is InChI=1S/C9H17NO3/c1-7(2)8(11)5-4-6-10-9(12)13-3/h7H,4-6H2,1-3H3,(H,10,12). The van der Waals surface area contributed by atoms with Crippen LogP contribution in [0.4, 0.5) is 4.79 Å². The monoisotopic (exact) mass is 187 g/mol. The molecule has 0 spiro atoms. The lowest BCUT2D eigenvalue weighted by Crippen LogP contribution is -2.24. The summed E-state index contributed by atoms with van der Waals surface area (Å²) >= 11 is 0. The minimum Gasteiger partial charge on any atom is -0.453 e. The van der Waals surface area contributed by atoms with Crippen molar-refractivity contribution in [2.75, 3.05) is 13.7 Å². The molecular formula is C9H17NO3. The number of alkyl carbamates (subject to hydrolysis) is 1. The first-order valence-electron chi connectivity index (χ1n) is 4.42. The van der Waals surface area contributed by atoms with Gasteiger partial charge in [0.2, 0.25) is 0 Å². The van der Waals surface area contributed by atoms with Crippen LogP contribution in [0.25, 0.3) is 0 Å². The number of ketones is 1. The number of methoxy groups -OCH3 is 1. The predicted octanol–water partition coefficient (Wildman–Crippen LogP) is 1.35. The molecule has 4 nitrogen and oxygen atoms in total. The van der Waals surface area contributed by atoms with E-state index in [-0.39, 0.29) is 11.7 Å². The second kappa shape index (κ2) is 6.46. The summed E-state index contributed by atoms with van der Waals surface area (Å²) in [5.41, 5.74) is 0. The Morgan fingerprint density at radius 1 is 1.38 bits per heavy atom. The van der Waals surface area contributed by atoms with Gasteiger partial charge in [-0.1, -0.05) is 13.8 Å². The number of hydrogen-bond donors (Lipinski definition) is 1. The summed E-state index contributed by atoms with van der Waals surface area (Å²) in [5, 5.41) is 2.51. The Hall–Kier alpha value is -1.06. The summed E-state index contributed by atoms with van der Waals surface area (Å²) in [6, 6.07) is 0. The maximum Gasteiger partial charge on any atom is 0.406 e. The molecule has 0 aromatic carbocycles. The zero-order chi connectivity index (χ0) is 10.3. The van der Waals surface area contributed by atoms with Crippen LogP contribution < -0.4 is 5.32 Å². The van der Waals surface area contributed by atoms with Gasteiger partial charge in [-0.05, 0) is 6.42 Å². The molecule has 0 saturated heterocycles. The molecule has 0 aliphatic carbocycles. The Morgan fingerprint density at radius 3 is 2.46 bits per heavy atom. The van der Waals surface area contributed by atoms with E-state index in [0.29, 0.717) is 19.4 Å². The molecule has 0 heterocycles. The van der Waals surface area contributed by atoms with Gasteiger partial charge in [0.15, 0.2) is 0 Å². The Morgan fingerprint density at radius 2 is 2.00 bits per heavy atom. The maximum absolute atomic E-state index is 11.1. The van der Waals surface area contributed by atoms with E-state index in [1.807, 2.05) is 13.8 Å². The van der Waals surface area contributed by atoms with Gasteiger partial charge >= 0.3 is 6.09 Å². The minimum atomic E-state index is -0.447. The number of nitrogens with one attached hydrogen (secondary N) is 1. The van der Waals surface area contributed by atoms with Crippen molar-refractivity contribution in [1.82, 2.24) is 5.32 Å². The molecule has 1 N–H and O–H groups in total. The van der Waals surface area contributed by atoms with Crippen LogP contribution in [-0.4, -0.2) is 25.5 Å². The molecule has 0 fully saturated rings. The number of carbonyl (C=O) groups is 2. The first kappa shape index (κ1) is 11.9. The SMILES string of the molecule is COC(=O)NCCCC(=O)C(C)C. The van der Waals surface area contributed by atoms with Gasteiger partial charge in [0.1, 0.15) is 5.78 Å². The average molecular weight is 187 g/mol. The number of rotatable bonds is 5. The molecule has 0 rings (SSSR count). The Bertz CT molecular complexity index is 178. The largest absolute Gasteiger partial charge is 0.453 e. The smallest absolute Gasteiger partial charge is 0.406 e. The van der Waals surface area contributed by atoms with Crippen LogP contribution in [0, 0.1) is 5.92 Å². The molecule has 0 unspecified atom stereocenters. The highest BCUT2D eigenvalue weighted by Gasteiger charge is 2.06. The maximum atomic E-state index is 11.1. The molecule has 76 valence electrons. The first-order valence-corrected chi connectivity index (χ1v) is 4.42. The summed E-state index contributed by atoms with van der Waals surface area (Å²) in [6.07, 6.45) is 0.741. The third-order valence-corrected chi connectivity index (χ3v) is 1.70. The molecule has 0 aliphatic heterocycles. The van der Waals surface area contributed by atoms with Crippen LogP contribution >= 0.6 is 0 Å². The molecule has 0 atom stereocenters. The molecule has 1 amide bonds. The lowest BCUT2D eigenvalue weighted by Gasteiger charge is -2.04. The average Bonchev–Trinajstić information content (AvgIpc) is 2.11. The first-order chi connectivity index (χ1) is 6.07. The fourth-order valence-corrected chi connectivity index (χ4v) is 0.814. The lowest BCUT2D eigenvalue weighted by molar-refractivity contribution is -0.121. The van der Waals surface area contributed by atoms with E-state index in [1.165, 1.54) is 7.11 Å². The molecular weight excluding hydrogens is 170 g/mol. The van der Waals surface area contributed by atoms with Gasteiger partial charge in [-0.2, -0.15) is 0 Å². The van der Waals surface area contributed by atoms with Gasteiger partial charge in [-0.3, -0.25) is 4.79 Å². The summed E-state index contributed by atoms with van der Waals surface area (Å²) in [6.45, 7) is 4.23. The Balaban J connectivity index is 3.36. The molecule has 0 aromatic heterocycles. The van der Waals surface area contributed by atoms with E-state index in [1.54, 1.807) is 0 Å². The molecule has 4 heteroatoms. The number of carbonyl (C=O) groups excluding carboxylic acids is 2. The Labute approximate surface area is 78.6 Å². The fraction of sp³-hybridized carbons (Fsp3) is 0.778. The number of Topliss-reactive ketones (excluding diaryl/α,β-unsaturated/α-hetero) is 1. The summed E-state index contributed by atoms with van der Waals surface area (Å²) in [5.74, 6) is 0.310. The van der Waals surface area contributed by atoms with Crippen molar-refractivity contribution in [3.63, 3.8) is 0 Å². The quantitative estimate of drug-likeness (QED) is 0.661. The third-order valence-electron chi connectivity index (χ3n) is 1.70. The number of hydrogen-bond acceptors (Lipinski definition) is 3. The normalized spacial score (nSPS) is 9.85. The van der Waals surface area contributed by atoms with Gasteiger partial charge < -0.3 is 10.1 Å². The number of amides is 1. The third kappa shape index (κ3) is 6.13. The second-order valence-corrected chi connectivity index (χ2v) is 3.14. The van der Waals surface area contributed by atoms with Crippen LogP contribution in [-0.2, 0) is 9.53 Å². The van der Waals surface area contributed by atoms with Crippen LogP contribution in [0.2, 0.25) is 0 Å². The van der Waals surface area contributed by atoms with E-state index in [0.717, 1.165) is 0 Å². The number of ether oxygens (including phenoxy) is 1. The summed E-state index contributed by atoms with van der Waals surface area (Å²) in [4.78, 5) is 21.7. The van der Waals surface area contributed by atoms with Gasteiger partial charge in [-0.25, -0.2) is 4.79 Å². The van der Waals surface area contributed by atoms with Crippen LogP contribution in [0.15, 0.2) is 0 Å². The highest BCUT2D eigenvalue weighted by Crippen LogP contribution is 2.00. The minimum absolute atomic E-state index is 0.0816. The molecule has 0 aromatic rings. The Kier molecular flexibility index (Phi) is 5.93. The van der Waals surface area contributed by atoms with Crippen molar-refractivity contribution in [2.24, 2.45) is 5.92 Å². The van der Waals surface area contributed by atoms with Crippen molar-refractivity contribution in [2.45, 2.75) is 26.7 Å². The van der Waals surface area contributed by atoms with Crippen molar-refractivity contribution < 1.29 is 14.3 Å². The van der Waals surface area contributed by atoms with Crippen molar-refractivity contribution in [3.05, 3.63) is 0 Å². The van der Waals surface area contributed by atoms with Gasteiger partial charge in [0.05, 0.1) is 7.11 Å². The van der Waals surface area contributed by atoms with Crippen LogP contribution in [0.3, 0.4) is 0 Å². The highest BCUT2D eigenvalue weighted by molar-refractivity contribution is 5.80. The van der Waals surface area contributed by atoms with Gasteiger partial charge in [-0.15, -0.1) is 0 Å². The van der Waals surface area contributed by atoms with Gasteiger partial charge in [0, 0.05) is 18.9 Å². The van der Waals surface area contributed by atoms with E-state index in [4.69, 9.17) is 0 Å². The molecule has 0 aliphatic rings. The topological polar surface area (TPSA) is 55.4 Å². The predicted molar refractivity (Wildman–Crippen MR) is 49.5 cm³/mol. The van der Waals surface area contributed by atoms with E-state index >= 15 is 0 Å². The van der Waals surface area contributed by atoms with Crippen molar-refractivity contribution in [3.8, 4) is 0 Å². The summed E-state index contributed by atoms with van der Waals surface area (Å²) < 4.78 is 4.37. The summed E-state index contributed by atoms with van der Waals surface area (Å²) in [7, 11) is 1.31. The van der Waals surface area contributed by atoms with Crippen LogP contribution in [0.1, 0.15) is 26.7 Å². The zero-order valence-corrected chi connectivity index (χ0v) is 8.42. The zero-order valence-electron chi connectivity index (χ0n) is 8.42. The second-order valence-electron chi connectivity index (χ2n) is 3.14.